The number of hydrogen-bond donors (Lipinski definition) is 0. The monoisotopic (exact) mass is 217 g/mol. The summed E-state index contributed by atoms with van der Waals surface area (Å²) in [6.45, 7) is 11.2. The van der Waals surface area contributed by atoms with E-state index >= 15 is 0 Å². The minimum atomic E-state index is 0.469. The molecule has 0 aliphatic carbocycles. The predicted molar refractivity (Wildman–Crippen MR) is 64.1 cm³/mol. The van der Waals surface area contributed by atoms with Crippen molar-refractivity contribution in [1.82, 2.24) is 4.90 Å². The van der Waals surface area contributed by atoms with Crippen LogP contribution in [0.3, 0.4) is 0 Å². The molecule has 0 amide bonds. The molecule has 0 spiro atoms. The summed E-state index contributed by atoms with van der Waals surface area (Å²) in [5.74, 6) is 1.25. The van der Waals surface area contributed by atoms with E-state index in [0.29, 0.717) is 6.10 Å². The fourth-order valence-corrected chi connectivity index (χ4v) is 3.08. The first-order chi connectivity index (χ1) is 6.77. The number of hydrogen-bond acceptors (Lipinski definition) is 3. The Morgan fingerprint density at radius 3 is 2.57 bits per heavy atom. The van der Waals surface area contributed by atoms with Crippen molar-refractivity contribution in [3.8, 4) is 0 Å². The summed E-state index contributed by atoms with van der Waals surface area (Å²) >= 11 is 2.08. The van der Waals surface area contributed by atoms with Gasteiger partial charge in [0.05, 0.1) is 6.10 Å². The van der Waals surface area contributed by atoms with Crippen molar-refractivity contribution in [1.29, 1.82) is 0 Å². The summed E-state index contributed by atoms with van der Waals surface area (Å²) in [5.41, 5.74) is 0. The lowest BCUT2D eigenvalue weighted by Gasteiger charge is -2.19. The largest absolute Gasteiger partial charge is 0.377 e. The molecule has 0 radical (unpaired) electrons. The Balaban J connectivity index is 2.08. The SMILES string of the molecule is CCN(CC)CCS[C@@H]1CCO[C@@H]1C. The third kappa shape index (κ3) is 3.79. The summed E-state index contributed by atoms with van der Waals surface area (Å²) < 4.78 is 5.54. The Kier molecular flexibility index (Phi) is 5.90. The fraction of sp³-hybridized carbons (Fsp3) is 1.00. The van der Waals surface area contributed by atoms with Crippen LogP contribution in [0.4, 0.5) is 0 Å². The highest BCUT2D eigenvalue weighted by Crippen LogP contribution is 2.25. The van der Waals surface area contributed by atoms with E-state index in [1.807, 2.05) is 0 Å². The number of ether oxygens (including phenoxy) is 1. The zero-order valence-corrected chi connectivity index (χ0v) is 10.5. The molecule has 1 aliphatic heterocycles. The number of nitrogens with zero attached hydrogens (tertiary/aromatic N) is 1. The molecule has 0 aromatic carbocycles. The molecule has 1 rings (SSSR count). The Hall–Kier alpha value is 0.270. The Morgan fingerprint density at radius 1 is 1.36 bits per heavy atom. The molecule has 2 atom stereocenters. The summed E-state index contributed by atoms with van der Waals surface area (Å²) in [4.78, 5) is 2.48. The van der Waals surface area contributed by atoms with Gasteiger partial charge in [-0.15, -0.1) is 0 Å². The second-order valence-electron chi connectivity index (χ2n) is 3.80. The maximum absolute atomic E-state index is 5.54. The predicted octanol–water partition coefficient (Wildman–Crippen LogP) is 2.24. The van der Waals surface area contributed by atoms with E-state index in [1.165, 1.54) is 31.8 Å². The molecule has 84 valence electrons. The molecule has 0 unspecified atom stereocenters. The molecule has 3 heteroatoms. The van der Waals surface area contributed by atoms with Gasteiger partial charge in [-0.05, 0) is 26.4 Å². The van der Waals surface area contributed by atoms with Crippen LogP contribution < -0.4 is 0 Å². The zero-order chi connectivity index (χ0) is 10.4. The third-order valence-electron chi connectivity index (χ3n) is 2.94. The maximum atomic E-state index is 5.54. The van der Waals surface area contributed by atoms with Crippen LogP contribution in [0.1, 0.15) is 27.2 Å². The van der Waals surface area contributed by atoms with Crippen LogP contribution in [-0.2, 0) is 4.74 Å². The van der Waals surface area contributed by atoms with Crippen molar-refractivity contribution in [2.45, 2.75) is 38.5 Å². The first kappa shape index (κ1) is 12.3. The van der Waals surface area contributed by atoms with Gasteiger partial charge >= 0.3 is 0 Å². The quantitative estimate of drug-likeness (QED) is 0.677. The second-order valence-corrected chi connectivity index (χ2v) is 5.15. The highest BCUT2D eigenvalue weighted by atomic mass is 32.2. The van der Waals surface area contributed by atoms with E-state index in [4.69, 9.17) is 4.74 Å². The van der Waals surface area contributed by atoms with Gasteiger partial charge in [-0.2, -0.15) is 11.8 Å². The lowest BCUT2D eigenvalue weighted by molar-refractivity contribution is 0.127. The molecule has 0 aromatic heterocycles. The smallest absolute Gasteiger partial charge is 0.0666 e. The first-order valence-electron chi connectivity index (χ1n) is 5.73. The molecule has 0 N–H and O–H groups in total. The summed E-state index contributed by atoms with van der Waals surface area (Å²) in [6.07, 6.45) is 1.71. The minimum Gasteiger partial charge on any atom is -0.377 e. The Bertz CT molecular complexity index is 150. The van der Waals surface area contributed by atoms with Crippen molar-refractivity contribution in [3.05, 3.63) is 0 Å². The molecule has 1 aliphatic rings. The highest BCUT2D eigenvalue weighted by molar-refractivity contribution is 8.00. The van der Waals surface area contributed by atoms with E-state index in [0.717, 1.165) is 11.9 Å². The molecule has 1 fully saturated rings. The van der Waals surface area contributed by atoms with E-state index < -0.39 is 0 Å². The van der Waals surface area contributed by atoms with Crippen LogP contribution in [0.2, 0.25) is 0 Å². The van der Waals surface area contributed by atoms with Gasteiger partial charge in [-0.3, -0.25) is 0 Å². The normalized spacial score (nSPS) is 27.4. The molecule has 0 saturated carbocycles. The summed E-state index contributed by atoms with van der Waals surface area (Å²) in [6, 6.07) is 0. The molecule has 0 aromatic rings. The maximum Gasteiger partial charge on any atom is 0.0666 e. The van der Waals surface area contributed by atoms with Gasteiger partial charge in [0.15, 0.2) is 0 Å². The Morgan fingerprint density at radius 2 is 2.07 bits per heavy atom. The van der Waals surface area contributed by atoms with E-state index in [-0.39, 0.29) is 0 Å². The van der Waals surface area contributed by atoms with Crippen LogP contribution in [0, 0.1) is 0 Å². The van der Waals surface area contributed by atoms with Crippen LogP contribution in [0.25, 0.3) is 0 Å². The fourth-order valence-electron chi connectivity index (χ4n) is 1.80. The summed E-state index contributed by atoms with van der Waals surface area (Å²) in [7, 11) is 0. The van der Waals surface area contributed by atoms with Crippen molar-refractivity contribution >= 4 is 11.8 Å². The van der Waals surface area contributed by atoms with Crippen LogP contribution in [0.15, 0.2) is 0 Å². The number of rotatable bonds is 6. The average Bonchev–Trinajstić information content (AvgIpc) is 2.59. The zero-order valence-electron chi connectivity index (χ0n) is 9.66. The van der Waals surface area contributed by atoms with Gasteiger partial charge in [-0.1, -0.05) is 13.8 Å². The number of thioether (sulfide) groups is 1. The van der Waals surface area contributed by atoms with Crippen molar-refractivity contribution in [2.75, 3.05) is 32.0 Å². The van der Waals surface area contributed by atoms with E-state index in [2.05, 4.69) is 37.4 Å². The van der Waals surface area contributed by atoms with Crippen LogP contribution in [-0.4, -0.2) is 48.2 Å². The van der Waals surface area contributed by atoms with Crippen molar-refractivity contribution in [3.63, 3.8) is 0 Å². The average molecular weight is 217 g/mol. The topological polar surface area (TPSA) is 12.5 Å². The van der Waals surface area contributed by atoms with Gasteiger partial charge in [0.2, 0.25) is 0 Å². The lowest BCUT2D eigenvalue weighted by Crippen LogP contribution is -2.26. The molecule has 1 saturated heterocycles. The first-order valence-corrected chi connectivity index (χ1v) is 6.78. The molecule has 2 nitrogen and oxygen atoms in total. The molecular formula is C11H23NOS. The van der Waals surface area contributed by atoms with Crippen molar-refractivity contribution in [2.24, 2.45) is 0 Å². The van der Waals surface area contributed by atoms with Gasteiger partial charge in [0.1, 0.15) is 0 Å². The standard InChI is InChI=1S/C11H23NOS/c1-4-12(5-2)7-9-14-11-6-8-13-10(11)3/h10-11H,4-9H2,1-3H3/t10-,11-/m1/s1. The molecule has 1 heterocycles. The van der Waals surface area contributed by atoms with E-state index in [1.54, 1.807) is 0 Å². The Labute approximate surface area is 92.4 Å². The van der Waals surface area contributed by atoms with Gasteiger partial charge in [0.25, 0.3) is 0 Å². The van der Waals surface area contributed by atoms with Gasteiger partial charge in [-0.25, -0.2) is 0 Å². The van der Waals surface area contributed by atoms with Gasteiger partial charge < -0.3 is 9.64 Å². The molecular weight excluding hydrogens is 194 g/mol. The minimum absolute atomic E-state index is 0.469. The van der Waals surface area contributed by atoms with Crippen molar-refractivity contribution < 1.29 is 4.74 Å². The molecule has 0 bridgehead atoms. The van der Waals surface area contributed by atoms with E-state index in [9.17, 15) is 0 Å². The van der Waals surface area contributed by atoms with Crippen LogP contribution in [0.5, 0.6) is 0 Å². The van der Waals surface area contributed by atoms with Gasteiger partial charge in [0, 0.05) is 24.2 Å². The summed E-state index contributed by atoms with van der Waals surface area (Å²) in [5, 5.41) is 0.741. The van der Waals surface area contributed by atoms with Crippen LogP contribution >= 0.6 is 11.8 Å². The second kappa shape index (κ2) is 6.70. The highest BCUT2D eigenvalue weighted by Gasteiger charge is 2.24. The molecule has 14 heavy (non-hydrogen) atoms. The third-order valence-corrected chi connectivity index (χ3v) is 4.41. The lowest BCUT2D eigenvalue weighted by atomic mass is 10.3.